The lowest BCUT2D eigenvalue weighted by Gasteiger charge is -2.45. The minimum Gasteiger partial charge on any atom is -0.388 e. The van der Waals surface area contributed by atoms with Crippen LogP contribution in [0.5, 0.6) is 0 Å². The number of rotatable bonds is 8. The Morgan fingerprint density at radius 1 is 0.373 bits per heavy atom. The molecule has 2 aliphatic rings. The fourth-order valence-electron chi connectivity index (χ4n) is 12.5. The number of hydrogen-bond donors (Lipinski definition) is 1. The van der Waals surface area contributed by atoms with Crippen LogP contribution in [0.4, 0.5) is 56.9 Å². The number of anilines is 10. The van der Waals surface area contributed by atoms with E-state index in [1.807, 2.05) is 18.4 Å². The van der Waals surface area contributed by atoms with E-state index in [-0.39, 0.29) is 0 Å². The van der Waals surface area contributed by atoms with Gasteiger partial charge in [0.05, 0.1) is 22.5 Å². The van der Waals surface area contributed by atoms with E-state index in [1.54, 1.807) is 0 Å². The molecule has 1 aliphatic carbocycles. The zero-order chi connectivity index (χ0) is 49.6. The number of benzene rings is 12. The van der Waals surface area contributed by atoms with Gasteiger partial charge in [0.15, 0.2) is 0 Å². The second kappa shape index (κ2) is 17.1. The van der Waals surface area contributed by atoms with Crippen LogP contribution in [0.25, 0.3) is 52.8 Å². The van der Waals surface area contributed by atoms with E-state index in [9.17, 15) is 0 Å². The highest BCUT2D eigenvalue weighted by molar-refractivity contribution is 7.26. The van der Waals surface area contributed by atoms with E-state index >= 15 is 0 Å². The van der Waals surface area contributed by atoms with E-state index in [4.69, 9.17) is 0 Å². The highest BCUT2D eigenvalue weighted by atomic mass is 32.1. The quantitative estimate of drug-likeness (QED) is 0.164. The average Bonchev–Trinajstić information content (AvgIpc) is 4.20. The van der Waals surface area contributed by atoms with Crippen LogP contribution in [0.15, 0.2) is 267 Å². The molecular formula is C70H48N4S. The molecule has 0 bridgehead atoms. The Labute approximate surface area is 440 Å². The van der Waals surface area contributed by atoms with Crippen LogP contribution in [0.1, 0.15) is 22.3 Å². The summed E-state index contributed by atoms with van der Waals surface area (Å²) in [5, 5.41) is 10.7. The summed E-state index contributed by atoms with van der Waals surface area (Å²) in [6.07, 6.45) is 0. The molecule has 2 heterocycles. The van der Waals surface area contributed by atoms with Crippen molar-refractivity contribution < 1.29 is 0 Å². The Kier molecular flexibility index (Phi) is 9.84. The van der Waals surface area contributed by atoms with Crippen LogP contribution >= 0.6 is 11.3 Å². The Hall–Kier alpha value is -9.42. The number of nitrogens with one attached hydrogen (secondary N) is 1. The molecule has 15 rings (SSSR count). The maximum atomic E-state index is 3.42. The Morgan fingerprint density at radius 3 is 1.59 bits per heavy atom. The van der Waals surface area contributed by atoms with Gasteiger partial charge in [0, 0.05) is 67.0 Å². The standard InChI is InChI=1S/C70H48N4S/c1-71-50-34-38-59-67(42-50)75-68-45-56(44-66(69(59)68)73(53-35-32-46-18-8-10-20-48(46)40-53)54-36-33-47-19-9-11-21-49(47)41-54)72(51-22-4-2-5-23-51)55-37-39-63-65(43-55)74(52-24-6-3-7-25-52)64-31-17-16-30-62(64)70(63)60-28-14-12-26-57(60)58-27-13-15-29-61(58)70/h2-45,71H,1H3. The molecule has 13 aromatic rings. The van der Waals surface area contributed by atoms with Gasteiger partial charge in [-0.15, -0.1) is 11.3 Å². The van der Waals surface area contributed by atoms with E-state index < -0.39 is 5.41 Å². The summed E-state index contributed by atoms with van der Waals surface area (Å²) in [5.74, 6) is 0. The zero-order valence-corrected chi connectivity index (χ0v) is 42.0. The highest BCUT2D eigenvalue weighted by Crippen LogP contribution is 2.64. The fraction of sp³-hybridized carbons (Fsp3) is 0.0286. The van der Waals surface area contributed by atoms with Crippen molar-refractivity contribution in [2.75, 3.05) is 27.1 Å². The SMILES string of the molecule is CNc1ccc2c(c1)sc1cc(N(c3ccccc3)c3ccc4c(c3)N(c3ccccc3)c3ccccc3C43c4ccccc4-c4ccccc43)cc(N(c3ccc4ccccc4c3)c3ccc4ccccc4c3)c12. The van der Waals surface area contributed by atoms with Gasteiger partial charge < -0.3 is 20.0 Å². The molecule has 75 heavy (non-hydrogen) atoms. The van der Waals surface area contributed by atoms with E-state index in [0.717, 1.165) is 51.2 Å². The second-order valence-corrected chi connectivity index (χ2v) is 20.8. The van der Waals surface area contributed by atoms with Crippen molar-refractivity contribution >= 4 is 110 Å². The van der Waals surface area contributed by atoms with Crippen LogP contribution in [-0.4, -0.2) is 7.05 Å². The maximum absolute atomic E-state index is 3.42. The van der Waals surface area contributed by atoms with Crippen LogP contribution < -0.4 is 20.0 Å². The first-order valence-corrected chi connectivity index (χ1v) is 26.6. The summed E-state index contributed by atoms with van der Waals surface area (Å²) in [4.78, 5) is 7.46. The van der Waals surface area contributed by atoms with Crippen molar-refractivity contribution in [3.05, 3.63) is 289 Å². The molecule has 1 aromatic heterocycles. The van der Waals surface area contributed by atoms with E-state index in [1.165, 1.54) is 80.8 Å². The summed E-state index contributed by atoms with van der Waals surface area (Å²) >= 11 is 1.85. The van der Waals surface area contributed by atoms with Gasteiger partial charge in [-0.1, -0.05) is 176 Å². The van der Waals surface area contributed by atoms with Crippen molar-refractivity contribution in [2.45, 2.75) is 5.41 Å². The number of para-hydroxylation sites is 3. The molecule has 12 aromatic carbocycles. The third-order valence-electron chi connectivity index (χ3n) is 15.7. The molecule has 0 atom stereocenters. The number of thiophene rings is 1. The molecule has 0 fully saturated rings. The normalized spacial score (nSPS) is 12.9. The Morgan fingerprint density at radius 2 is 0.920 bits per heavy atom. The molecule has 0 amide bonds. The minimum absolute atomic E-state index is 0.559. The summed E-state index contributed by atoms with van der Waals surface area (Å²) < 4.78 is 2.43. The molecule has 0 unspecified atom stereocenters. The van der Waals surface area contributed by atoms with Crippen LogP contribution in [0.3, 0.4) is 0 Å². The molecule has 1 N–H and O–H groups in total. The van der Waals surface area contributed by atoms with Crippen molar-refractivity contribution in [2.24, 2.45) is 0 Å². The summed E-state index contributed by atoms with van der Waals surface area (Å²) in [6, 6.07) is 99.1. The summed E-state index contributed by atoms with van der Waals surface area (Å²) in [5.41, 5.74) is 18.1. The van der Waals surface area contributed by atoms with Gasteiger partial charge in [-0.05, 0) is 146 Å². The van der Waals surface area contributed by atoms with Gasteiger partial charge in [0.1, 0.15) is 0 Å². The lowest BCUT2D eigenvalue weighted by Crippen LogP contribution is -2.36. The lowest BCUT2D eigenvalue weighted by atomic mass is 9.64. The highest BCUT2D eigenvalue weighted by Gasteiger charge is 2.51. The van der Waals surface area contributed by atoms with Gasteiger partial charge in [-0.25, -0.2) is 0 Å². The van der Waals surface area contributed by atoms with E-state index in [2.05, 4.69) is 287 Å². The fourth-order valence-corrected chi connectivity index (χ4v) is 13.7. The van der Waals surface area contributed by atoms with Crippen molar-refractivity contribution in [3.63, 3.8) is 0 Å². The monoisotopic (exact) mass is 976 g/mol. The largest absolute Gasteiger partial charge is 0.388 e. The van der Waals surface area contributed by atoms with E-state index in [0.29, 0.717) is 0 Å². The van der Waals surface area contributed by atoms with Crippen LogP contribution in [0.2, 0.25) is 0 Å². The van der Waals surface area contributed by atoms with Crippen molar-refractivity contribution in [1.82, 2.24) is 0 Å². The molecule has 1 spiro atoms. The Balaban J connectivity index is 1.03. The average molecular weight is 977 g/mol. The molecule has 5 heteroatoms. The van der Waals surface area contributed by atoms with Gasteiger partial charge in [-0.3, -0.25) is 0 Å². The van der Waals surface area contributed by atoms with Crippen molar-refractivity contribution in [1.29, 1.82) is 0 Å². The first kappa shape index (κ1) is 43.2. The van der Waals surface area contributed by atoms with Crippen LogP contribution in [0, 0.1) is 0 Å². The smallest absolute Gasteiger partial charge is 0.0754 e. The van der Waals surface area contributed by atoms with Gasteiger partial charge in [0.25, 0.3) is 0 Å². The first-order chi connectivity index (χ1) is 37.1. The predicted octanol–water partition coefficient (Wildman–Crippen LogP) is 19.5. The zero-order valence-electron chi connectivity index (χ0n) is 41.2. The molecule has 4 nitrogen and oxygen atoms in total. The molecule has 0 saturated heterocycles. The summed E-state index contributed by atoms with van der Waals surface area (Å²) in [6.45, 7) is 0. The Bertz CT molecular complexity index is 4260. The molecule has 0 radical (unpaired) electrons. The topological polar surface area (TPSA) is 21.8 Å². The third kappa shape index (κ3) is 6.61. The maximum Gasteiger partial charge on any atom is 0.0754 e. The second-order valence-electron chi connectivity index (χ2n) is 19.7. The predicted molar refractivity (Wildman–Crippen MR) is 319 cm³/mol. The molecule has 354 valence electrons. The van der Waals surface area contributed by atoms with Gasteiger partial charge in [-0.2, -0.15) is 0 Å². The molecule has 1 aliphatic heterocycles. The minimum atomic E-state index is -0.559. The lowest BCUT2D eigenvalue weighted by molar-refractivity contribution is 0.752. The van der Waals surface area contributed by atoms with Crippen molar-refractivity contribution in [3.8, 4) is 11.1 Å². The van der Waals surface area contributed by atoms with Crippen LogP contribution in [-0.2, 0) is 5.41 Å². The molecular weight excluding hydrogens is 929 g/mol. The first-order valence-electron chi connectivity index (χ1n) is 25.7. The third-order valence-corrected chi connectivity index (χ3v) is 16.8. The number of nitrogens with zero attached hydrogens (tertiary/aromatic N) is 3. The van der Waals surface area contributed by atoms with Gasteiger partial charge >= 0.3 is 0 Å². The summed E-state index contributed by atoms with van der Waals surface area (Å²) in [7, 11) is 2.00. The number of hydrogen-bond acceptors (Lipinski definition) is 5. The van der Waals surface area contributed by atoms with Gasteiger partial charge in [0.2, 0.25) is 0 Å². The molecule has 0 saturated carbocycles. The number of fused-ring (bicyclic) bond motifs is 14.